The quantitative estimate of drug-likeness (QED) is 0.0267. The molecule has 0 aromatic rings. The minimum Gasteiger partial charge on any atom is -0.462 e. The molecule has 314 valence electrons. The van der Waals surface area contributed by atoms with Gasteiger partial charge in [0.25, 0.3) is 0 Å². The van der Waals surface area contributed by atoms with Crippen molar-refractivity contribution in [2.24, 2.45) is 0 Å². The molecule has 0 aliphatic carbocycles. The maximum Gasteiger partial charge on any atom is 0.443 e. The number of aliphatic hydroxyl groups excluding tert-OH is 1. The second kappa shape index (κ2) is 37.7. The number of aliphatic hydroxyl groups is 1. The topological polar surface area (TPSA) is 160 Å². The van der Waals surface area contributed by atoms with Gasteiger partial charge in [0.05, 0.1) is 6.61 Å². The predicted octanol–water partition coefficient (Wildman–Crippen LogP) is 10.6. The Labute approximate surface area is 324 Å². The number of carbonyl (C=O) groups excluding carboxylic acids is 3. The standard InChI is InChI=1S/C42H82O10P/c1-3-5-7-9-11-13-15-17-19-21-23-25-27-29-31-33-40(45)50-36-38(37-51-42(39(44)35-43)53(47,48)49)52-41(46)34-32-30-28-26-24-22-20-18-16-14-12-10-8-6-4-2/h38,42-43,47-49H,3-37H2,1-2H3/q+1/t38-,42?/m1/s1. The lowest BCUT2D eigenvalue weighted by Crippen LogP contribution is -2.36. The van der Waals surface area contributed by atoms with Crippen molar-refractivity contribution < 1.29 is 48.4 Å². The highest BCUT2D eigenvalue weighted by Gasteiger charge is 2.49. The van der Waals surface area contributed by atoms with Crippen LogP contribution in [0.2, 0.25) is 0 Å². The summed E-state index contributed by atoms with van der Waals surface area (Å²) in [5.74, 6) is -4.17. The molecule has 0 spiro atoms. The van der Waals surface area contributed by atoms with Gasteiger partial charge in [0.15, 0.2) is 6.10 Å². The SMILES string of the molecule is CCCCCCCCCCCCCCCCCC(=O)OC[C@H](COC(C(=O)CO)[P+](O)(O)O)OC(=O)CCCCCCCCCCCCCCCCC. The van der Waals surface area contributed by atoms with Crippen LogP contribution < -0.4 is 0 Å². The number of carbonyl (C=O) groups is 3. The Morgan fingerprint density at radius 2 is 0.792 bits per heavy atom. The second-order valence-electron chi connectivity index (χ2n) is 15.1. The van der Waals surface area contributed by atoms with E-state index in [9.17, 15) is 29.1 Å². The monoisotopic (exact) mass is 778 g/mol. The molecule has 0 saturated heterocycles. The molecule has 2 atom stereocenters. The number of unbranched alkanes of at least 4 members (excludes halogenated alkanes) is 28. The lowest BCUT2D eigenvalue weighted by Gasteiger charge is -2.21. The number of ketones is 1. The fourth-order valence-electron chi connectivity index (χ4n) is 6.56. The van der Waals surface area contributed by atoms with Crippen LogP contribution in [0, 0.1) is 0 Å². The van der Waals surface area contributed by atoms with Gasteiger partial charge in [0.1, 0.15) is 13.2 Å². The first-order valence-electron chi connectivity index (χ1n) is 21.8. The van der Waals surface area contributed by atoms with Crippen molar-refractivity contribution >= 4 is 25.7 Å². The largest absolute Gasteiger partial charge is 0.462 e. The van der Waals surface area contributed by atoms with E-state index in [2.05, 4.69) is 13.8 Å². The molecular weight excluding hydrogens is 695 g/mol. The van der Waals surface area contributed by atoms with Crippen LogP contribution in [0.15, 0.2) is 0 Å². The van der Waals surface area contributed by atoms with Gasteiger partial charge in [-0.25, -0.2) is 0 Å². The summed E-state index contributed by atoms with van der Waals surface area (Å²) in [6.07, 6.45) is 35.8. The van der Waals surface area contributed by atoms with Gasteiger partial charge < -0.3 is 19.3 Å². The fourth-order valence-corrected chi connectivity index (χ4v) is 7.32. The Kier molecular flexibility index (Phi) is 36.9. The van der Waals surface area contributed by atoms with Gasteiger partial charge in [-0.3, -0.25) is 14.4 Å². The number of ether oxygens (including phenoxy) is 3. The van der Waals surface area contributed by atoms with Crippen molar-refractivity contribution in [2.45, 2.75) is 231 Å². The lowest BCUT2D eigenvalue weighted by molar-refractivity contribution is -0.164. The van der Waals surface area contributed by atoms with Gasteiger partial charge in [-0.05, 0) is 12.8 Å². The lowest BCUT2D eigenvalue weighted by atomic mass is 10.0. The van der Waals surface area contributed by atoms with Gasteiger partial charge in [-0.2, -0.15) is 14.7 Å². The number of hydrogen-bond acceptors (Lipinski definition) is 10. The second-order valence-corrected chi connectivity index (χ2v) is 16.8. The van der Waals surface area contributed by atoms with Crippen LogP contribution in [-0.4, -0.2) is 69.3 Å². The van der Waals surface area contributed by atoms with Gasteiger partial charge in [0.2, 0.25) is 5.78 Å². The van der Waals surface area contributed by atoms with Crippen LogP contribution in [0.25, 0.3) is 0 Å². The summed E-state index contributed by atoms with van der Waals surface area (Å²) in [7, 11) is -4.79. The molecule has 0 aromatic heterocycles. The highest BCUT2D eigenvalue weighted by molar-refractivity contribution is 7.60. The molecule has 0 bridgehead atoms. The molecule has 53 heavy (non-hydrogen) atoms. The van der Waals surface area contributed by atoms with Crippen LogP contribution in [-0.2, 0) is 28.6 Å². The molecule has 10 nitrogen and oxygen atoms in total. The predicted molar refractivity (Wildman–Crippen MR) is 215 cm³/mol. The number of esters is 2. The molecule has 0 heterocycles. The zero-order chi connectivity index (χ0) is 39.3. The van der Waals surface area contributed by atoms with Crippen LogP contribution in [0.5, 0.6) is 0 Å². The first-order valence-corrected chi connectivity index (χ1v) is 23.5. The maximum absolute atomic E-state index is 12.6. The first kappa shape index (κ1) is 51.8. The van der Waals surface area contributed by atoms with Crippen molar-refractivity contribution in [3.8, 4) is 0 Å². The number of Topliss-reactive ketones (excluding diaryl/α,β-unsaturated/α-hetero) is 1. The Bertz CT molecular complexity index is 850. The normalized spacial score (nSPS) is 12.9. The zero-order valence-electron chi connectivity index (χ0n) is 34.1. The third-order valence-electron chi connectivity index (χ3n) is 9.88. The third kappa shape index (κ3) is 35.0. The van der Waals surface area contributed by atoms with Crippen LogP contribution in [0.4, 0.5) is 0 Å². The van der Waals surface area contributed by atoms with E-state index in [1.54, 1.807) is 0 Å². The molecule has 0 aliphatic rings. The number of rotatable bonds is 41. The van der Waals surface area contributed by atoms with E-state index >= 15 is 0 Å². The third-order valence-corrected chi connectivity index (χ3v) is 10.9. The summed E-state index contributed by atoms with van der Waals surface area (Å²) < 4.78 is 16.0. The number of hydrogen-bond donors (Lipinski definition) is 4. The average Bonchev–Trinajstić information content (AvgIpc) is 3.13. The Morgan fingerprint density at radius 1 is 0.472 bits per heavy atom. The Morgan fingerprint density at radius 3 is 1.11 bits per heavy atom. The Balaban J connectivity index is 4.31. The van der Waals surface area contributed by atoms with Gasteiger partial charge in [-0.1, -0.05) is 194 Å². The van der Waals surface area contributed by atoms with E-state index in [0.29, 0.717) is 12.8 Å². The van der Waals surface area contributed by atoms with Crippen LogP contribution >= 0.6 is 7.94 Å². The smallest absolute Gasteiger partial charge is 0.443 e. The van der Waals surface area contributed by atoms with Crippen LogP contribution in [0.3, 0.4) is 0 Å². The molecule has 0 amide bonds. The van der Waals surface area contributed by atoms with Crippen molar-refractivity contribution in [1.29, 1.82) is 0 Å². The van der Waals surface area contributed by atoms with Crippen molar-refractivity contribution in [1.82, 2.24) is 0 Å². The van der Waals surface area contributed by atoms with E-state index in [4.69, 9.17) is 19.3 Å². The molecule has 0 aliphatic heterocycles. The minimum atomic E-state index is -4.79. The molecule has 0 saturated carbocycles. The molecule has 4 N–H and O–H groups in total. The van der Waals surface area contributed by atoms with E-state index in [-0.39, 0.29) is 19.4 Å². The fraction of sp³-hybridized carbons (Fsp3) is 0.929. The molecule has 0 aromatic carbocycles. The minimum absolute atomic E-state index is 0.164. The van der Waals surface area contributed by atoms with Crippen molar-refractivity contribution in [3.63, 3.8) is 0 Å². The summed E-state index contributed by atoms with van der Waals surface area (Å²) in [6.45, 7) is 2.55. The van der Waals surface area contributed by atoms with Crippen molar-refractivity contribution in [2.75, 3.05) is 19.8 Å². The molecule has 1 unspecified atom stereocenters. The van der Waals surface area contributed by atoms with Crippen LogP contribution in [0.1, 0.15) is 219 Å². The summed E-state index contributed by atoms with van der Waals surface area (Å²) in [5, 5.41) is 9.15. The van der Waals surface area contributed by atoms with E-state index in [0.717, 1.165) is 38.5 Å². The van der Waals surface area contributed by atoms with Crippen molar-refractivity contribution in [3.05, 3.63) is 0 Å². The summed E-state index contributed by atoms with van der Waals surface area (Å²) in [6, 6.07) is 0. The highest BCUT2D eigenvalue weighted by atomic mass is 31.2. The van der Waals surface area contributed by atoms with Gasteiger partial charge in [0, 0.05) is 12.8 Å². The average molecular weight is 778 g/mol. The van der Waals surface area contributed by atoms with E-state index < -0.39 is 50.8 Å². The molecule has 0 rings (SSSR count). The summed E-state index contributed by atoms with van der Waals surface area (Å²) >= 11 is 0. The molecule has 0 radical (unpaired) electrons. The van der Waals surface area contributed by atoms with E-state index in [1.165, 1.54) is 141 Å². The van der Waals surface area contributed by atoms with E-state index in [1.807, 2.05) is 0 Å². The maximum atomic E-state index is 12.6. The Hall–Kier alpha value is -1.16. The highest BCUT2D eigenvalue weighted by Crippen LogP contribution is 2.51. The molecule has 0 fully saturated rings. The molecular formula is C42H82O10P+. The zero-order valence-corrected chi connectivity index (χ0v) is 35.0. The first-order chi connectivity index (χ1) is 25.6. The molecule has 11 heteroatoms. The van der Waals surface area contributed by atoms with Gasteiger partial charge in [-0.15, -0.1) is 0 Å². The summed E-state index contributed by atoms with van der Waals surface area (Å²) in [4.78, 5) is 65.9. The summed E-state index contributed by atoms with van der Waals surface area (Å²) in [5.41, 5.74) is 0. The van der Waals surface area contributed by atoms with Gasteiger partial charge >= 0.3 is 25.7 Å².